The number of aliphatic hydroxyl groups excluding tert-OH is 1. The first-order valence-electron chi connectivity index (χ1n) is 8.04. The van der Waals surface area contributed by atoms with Crippen LogP contribution in [0.2, 0.25) is 0 Å². The minimum absolute atomic E-state index is 0.0695. The maximum Gasteiger partial charge on any atom is 0.336 e. The number of benzene rings is 2. The second-order valence-corrected chi connectivity index (χ2v) is 6.22. The summed E-state index contributed by atoms with van der Waals surface area (Å²) in [7, 11) is 0. The average Bonchev–Trinajstić information content (AvgIpc) is 2.79. The van der Waals surface area contributed by atoms with Gasteiger partial charge >= 0.3 is 6.03 Å². The lowest BCUT2D eigenvalue weighted by Gasteiger charge is -2.27. The van der Waals surface area contributed by atoms with E-state index in [2.05, 4.69) is 0 Å². The molecule has 0 radical (unpaired) electrons. The third-order valence-corrected chi connectivity index (χ3v) is 4.14. The van der Waals surface area contributed by atoms with E-state index in [4.69, 9.17) is 9.84 Å². The van der Waals surface area contributed by atoms with Crippen LogP contribution in [0.5, 0.6) is 5.75 Å². The van der Waals surface area contributed by atoms with E-state index in [-0.39, 0.29) is 25.2 Å². The van der Waals surface area contributed by atoms with E-state index in [1.54, 1.807) is 62.4 Å². The molecule has 6 nitrogen and oxygen atoms in total. The number of nitrogens with zero attached hydrogens (tertiary/aromatic N) is 2. The first-order chi connectivity index (χ1) is 12.0. The molecule has 0 spiro atoms. The van der Waals surface area contributed by atoms with Gasteiger partial charge in [0.1, 0.15) is 17.9 Å². The van der Waals surface area contributed by atoms with Crippen LogP contribution in [0.1, 0.15) is 13.8 Å². The van der Waals surface area contributed by atoms with E-state index in [0.717, 1.165) is 0 Å². The maximum absolute atomic E-state index is 13.0. The molecule has 0 aliphatic carbocycles. The summed E-state index contributed by atoms with van der Waals surface area (Å²) in [5.41, 5.74) is 0.162. The zero-order valence-corrected chi connectivity index (χ0v) is 14.2. The van der Waals surface area contributed by atoms with Crippen LogP contribution in [0.4, 0.5) is 16.2 Å². The van der Waals surface area contributed by atoms with Crippen LogP contribution in [0, 0.1) is 0 Å². The lowest BCUT2D eigenvalue weighted by atomic mass is 10.0. The van der Waals surface area contributed by atoms with Crippen molar-refractivity contribution in [1.29, 1.82) is 0 Å². The number of aliphatic hydroxyl groups is 1. The van der Waals surface area contributed by atoms with Gasteiger partial charge in [-0.1, -0.05) is 18.2 Å². The molecule has 1 heterocycles. The van der Waals surface area contributed by atoms with Gasteiger partial charge in [-0.15, -0.1) is 0 Å². The van der Waals surface area contributed by atoms with E-state index >= 15 is 0 Å². The molecule has 2 aromatic rings. The van der Waals surface area contributed by atoms with Crippen molar-refractivity contribution in [3.63, 3.8) is 0 Å². The van der Waals surface area contributed by atoms with Gasteiger partial charge in [-0.3, -0.25) is 9.69 Å². The summed E-state index contributed by atoms with van der Waals surface area (Å²) in [6.07, 6.45) is 0. The van der Waals surface area contributed by atoms with Crippen molar-refractivity contribution in [3.8, 4) is 5.75 Å². The smallest absolute Gasteiger partial charge is 0.336 e. The molecular formula is C19H20N2O4. The van der Waals surface area contributed by atoms with Gasteiger partial charge in [0.2, 0.25) is 0 Å². The van der Waals surface area contributed by atoms with E-state index in [1.807, 2.05) is 6.07 Å². The first-order valence-corrected chi connectivity index (χ1v) is 8.04. The van der Waals surface area contributed by atoms with E-state index in [1.165, 1.54) is 9.80 Å². The van der Waals surface area contributed by atoms with Gasteiger partial charge in [0.25, 0.3) is 5.91 Å². The quantitative estimate of drug-likeness (QED) is 0.850. The van der Waals surface area contributed by atoms with Gasteiger partial charge in [0.15, 0.2) is 0 Å². The molecule has 25 heavy (non-hydrogen) atoms. The molecule has 6 heteroatoms. The number of amides is 3. The lowest BCUT2D eigenvalue weighted by molar-refractivity contribution is -0.120. The summed E-state index contributed by atoms with van der Waals surface area (Å²) in [6.45, 7) is 3.59. The Kier molecular flexibility index (Phi) is 4.46. The summed E-state index contributed by atoms with van der Waals surface area (Å²) in [6, 6.07) is 15.4. The fourth-order valence-corrected chi connectivity index (χ4v) is 2.89. The summed E-state index contributed by atoms with van der Waals surface area (Å²) in [4.78, 5) is 28.5. The highest BCUT2D eigenvalue weighted by molar-refractivity contribution is 6.30. The summed E-state index contributed by atoms with van der Waals surface area (Å²) in [5, 5.41) is 8.80. The predicted molar refractivity (Wildman–Crippen MR) is 94.9 cm³/mol. The number of carbonyl (C=O) groups excluding carboxylic acids is 2. The van der Waals surface area contributed by atoms with Crippen molar-refractivity contribution in [1.82, 2.24) is 0 Å². The molecule has 1 saturated heterocycles. The Labute approximate surface area is 146 Å². The topological polar surface area (TPSA) is 70.1 Å². The van der Waals surface area contributed by atoms with Crippen molar-refractivity contribution in [2.24, 2.45) is 0 Å². The third kappa shape index (κ3) is 2.96. The van der Waals surface area contributed by atoms with Gasteiger partial charge in [-0.05, 0) is 50.2 Å². The molecule has 0 bridgehead atoms. The average molecular weight is 340 g/mol. The molecule has 1 N–H and O–H groups in total. The molecule has 0 aromatic heterocycles. The van der Waals surface area contributed by atoms with Gasteiger partial charge in [-0.25, -0.2) is 9.69 Å². The van der Waals surface area contributed by atoms with Crippen molar-refractivity contribution < 1.29 is 19.4 Å². The van der Waals surface area contributed by atoms with Crippen molar-refractivity contribution >= 4 is 23.3 Å². The Bertz CT molecular complexity index is 772. The molecule has 3 rings (SSSR count). The zero-order valence-electron chi connectivity index (χ0n) is 14.2. The fraction of sp³-hybridized carbons (Fsp3) is 0.263. The summed E-state index contributed by atoms with van der Waals surface area (Å²) in [5.74, 6) is 0.317. The summed E-state index contributed by atoms with van der Waals surface area (Å²) >= 11 is 0. The van der Waals surface area contributed by atoms with Crippen LogP contribution < -0.4 is 14.5 Å². The van der Waals surface area contributed by atoms with Crippen LogP contribution in [0.25, 0.3) is 0 Å². The van der Waals surface area contributed by atoms with Crippen LogP contribution in [0.3, 0.4) is 0 Å². The Morgan fingerprint density at radius 1 is 0.960 bits per heavy atom. The number of imide groups is 1. The van der Waals surface area contributed by atoms with Crippen LogP contribution in [-0.4, -0.2) is 35.8 Å². The Morgan fingerprint density at radius 3 is 2.20 bits per heavy atom. The molecule has 0 saturated carbocycles. The van der Waals surface area contributed by atoms with Gasteiger partial charge in [0, 0.05) is 5.69 Å². The largest absolute Gasteiger partial charge is 0.491 e. The van der Waals surface area contributed by atoms with Crippen LogP contribution in [-0.2, 0) is 4.79 Å². The second-order valence-electron chi connectivity index (χ2n) is 6.22. The Balaban J connectivity index is 1.93. The van der Waals surface area contributed by atoms with Crippen molar-refractivity contribution in [3.05, 3.63) is 54.6 Å². The zero-order chi connectivity index (χ0) is 18.0. The number of para-hydroxylation sites is 1. The highest BCUT2D eigenvalue weighted by atomic mass is 16.5. The fourth-order valence-electron chi connectivity index (χ4n) is 2.89. The standard InChI is InChI=1S/C19H20N2O4/c1-19(2)17(23)20(14-6-4-3-5-7-14)18(24)21(19)15-8-10-16(11-9-15)25-13-12-22/h3-11,22H,12-13H2,1-2H3. The number of carbonyl (C=O) groups is 2. The molecule has 1 aliphatic rings. The van der Waals surface area contributed by atoms with Gasteiger partial charge in [0.05, 0.1) is 12.3 Å². The minimum Gasteiger partial charge on any atom is -0.491 e. The highest BCUT2D eigenvalue weighted by Gasteiger charge is 2.52. The molecule has 2 aromatic carbocycles. The normalized spacial score (nSPS) is 16.4. The predicted octanol–water partition coefficient (Wildman–Crippen LogP) is 2.81. The van der Waals surface area contributed by atoms with Crippen LogP contribution >= 0.6 is 0 Å². The number of hydrogen-bond donors (Lipinski definition) is 1. The molecular weight excluding hydrogens is 320 g/mol. The molecule has 0 unspecified atom stereocenters. The molecule has 0 atom stereocenters. The first kappa shape index (κ1) is 17.0. The van der Waals surface area contributed by atoms with E-state index in [0.29, 0.717) is 17.1 Å². The molecule has 130 valence electrons. The number of hydrogen-bond acceptors (Lipinski definition) is 4. The molecule has 3 amide bonds. The minimum atomic E-state index is -1.000. The van der Waals surface area contributed by atoms with Gasteiger partial charge in [-0.2, -0.15) is 0 Å². The monoisotopic (exact) mass is 340 g/mol. The Morgan fingerprint density at radius 2 is 1.60 bits per heavy atom. The summed E-state index contributed by atoms with van der Waals surface area (Å²) < 4.78 is 5.33. The Hall–Kier alpha value is -2.86. The maximum atomic E-state index is 13.0. The van der Waals surface area contributed by atoms with Crippen molar-refractivity contribution in [2.45, 2.75) is 19.4 Å². The number of ether oxygens (including phenoxy) is 1. The molecule has 1 aliphatic heterocycles. The van der Waals surface area contributed by atoms with Crippen LogP contribution in [0.15, 0.2) is 54.6 Å². The number of rotatable bonds is 5. The van der Waals surface area contributed by atoms with Crippen molar-refractivity contribution in [2.75, 3.05) is 23.0 Å². The number of anilines is 2. The van der Waals surface area contributed by atoms with Gasteiger partial charge < -0.3 is 9.84 Å². The highest BCUT2D eigenvalue weighted by Crippen LogP contribution is 2.36. The van der Waals surface area contributed by atoms with E-state index in [9.17, 15) is 9.59 Å². The third-order valence-electron chi connectivity index (χ3n) is 4.14. The lowest BCUT2D eigenvalue weighted by Crippen LogP contribution is -2.44. The SMILES string of the molecule is CC1(C)C(=O)N(c2ccccc2)C(=O)N1c1ccc(OCCO)cc1. The van der Waals surface area contributed by atoms with E-state index < -0.39 is 5.54 Å². The second kappa shape index (κ2) is 6.57. The molecule has 1 fully saturated rings. The number of urea groups is 1.